The molecular formula is C17H19NO3. The Morgan fingerprint density at radius 2 is 2.00 bits per heavy atom. The van der Waals surface area contributed by atoms with Crippen molar-refractivity contribution in [1.82, 2.24) is 0 Å². The molecule has 21 heavy (non-hydrogen) atoms. The third-order valence-electron chi connectivity index (χ3n) is 3.14. The number of ether oxygens (including phenoxy) is 1. The van der Waals surface area contributed by atoms with Crippen molar-refractivity contribution in [3.05, 3.63) is 59.7 Å². The zero-order valence-corrected chi connectivity index (χ0v) is 12.0. The normalized spacial score (nSPS) is 10.2. The average Bonchev–Trinajstić information content (AvgIpc) is 2.53. The van der Waals surface area contributed by atoms with Crippen LogP contribution in [-0.4, -0.2) is 24.7 Å². The zero-order valence-electron chi connectivity index (χ0n) is 12.0. The largest absolute Gasteiger partial charge is 0.497 e. The fraction of sp³-hybridized carbons (Fsp3) is 0.235. The van der Waals surface area contributed by atoms with E-state index in [1.165, 1.54) is 0 Å². The number of benzene rings is 2. The van der Waals surface area contributed by atoms with Crippen LogP contribution in [-0.2, 0) is 6.42 Å². The summed E-state index contributed by atoms with van der Waals surface area (Å²) in [4.78, 5) is 12.2. The van der Waals surface area contributed by atoms with E-state index in [2.05, 4.69) is 5.32 Å². The van der Waals surface area contributed by atoms with E-state index in [0.29, 0.717) is 17.7 Å². The highest BCUT2D eigenvalue weighted by atomic mass is 16.5. The van der Waals surface area contributed by atoms with E-state index in [1.54, 1.807) is 31.4 Å². The quantitative estimate of drug-likeness (QED) is 0.858. The minimum Gasteiger partial charge on any atom is -0.497 e. The van der Waals surface area contributed by atoms with Crippen molar-refractivity contribution < 1.29 is 14.6 Å². The van der Waals surface area contributed by atoms with E-state index in [9.17, 15) is 4.79 Å². The second kappa shape index (κ2) is 7.45. The van der Waals surface area contributed by atoms with Crippen LogP contribution < -0.4 is 10.1 Å². The van der Waals surface area contributed by atoms with Gasteiger partial charge >= 0.3 is 0 Å². The van der Waals surface area contributed by atoms with Gasteiger partial charge in [0.1, 0.15) is 5.75 Å². The lowest BCUT2D eigenvalue weighted by atomic mass is 10.1. The summed E-state index contributed by atoms with van der Waals surface area (Å²) in [7, 11) is 1.57. The molecule has 0 fully saturated rings. The van der Waals surface area contributed by atoms with Gasteiger partial charge in [-0.1, -0.05) is 18.2 Å². The van der Waals surface area contributed by atoms with Gasteiger partial charge in [0.2, 0.25) is 0 Å². The summed E-state index contributed by atoms with van der Waals surface area (Å²) < 4.78 is 5.11. The maximum atomic E-state index is 12.2. The van der Waals surface area contributed by atoms with Crippen LogP contribution in [0.2, 0.25) is 0 Å². The lowest BCUT2D eigenvalue weighted by Gasteiger charge is -2.08. The van der Waals surface area contributed by atoms with E-state index < -0.39 is 0 Å². The van der Waals surface area contributed by atoms with Gasteiger partial charge in [-0.15, -0.1) is 0 Å². The summed E-state index contributed by atoms with van der Waals surface area (Å²) >= 11 is 0. The van der Waals surface area contributed by atoms with Crippen LogP contribution in [0, 0.1) is 0 Å². The van der Waals surface area contributed by atoms with Crippen molar-refractivity contribution in [1.29, 1.82) is 0 Å². The molecule has 2 rings (SSSR count). The number of amides is 1. The van der Waals surface area contributed by atoms with Crippen LogP contribution in [0.15, 0.2) is 48.5 Å². The Bertz CT molecular complexity index is 610. The Kier molecular flexibility index (Phi) is 5.35. The van der Waals surface area contributed by atoms with Gasteiger partial charge in [-0.25, -0.2) is 0 Å². The summed E-state index contributed by atoms with van der Waals surface area (Å²) in [6.45, 7) is 0.167. The van der Waals surface area contributed by atoms with Gasteiger partial charge in [0.05, 0.1) is 7.11 Å². The molecule has 2 aromatic rings. The molecule has 0 saturated heterocycles. The molecule has 110 valence electrons. The first-order valence-electron chi connectivity index (χ1n) is 6.88. The molecule has 0 aromatic heterocycles. The molecule has 0 aliphatic carbocycles. The van der Waals surface area contributed by atoms with Crippen molar-refractivity contribution >= 4 is 11.6 Å². The first-order valence-corrected chi connectivity index (χ1v) is 6.88. The van der Waals surface area contributed by atoms with Gasteiger partial charge in [-0.3, -0.25) is 4.79 Å². The third-order valence-corrected chi connectivity index (χ3v) is 3.14. The van der Waals surface area contributed by atoms with E-state index in [0.717, 1.165) is 17.7 Å². The summed E-state index contributed by atoms with van der Waals surface area (Å²) in [5, 5.41) is 11.7. The Morgan fingerprint density at radius 3 is 2.76 bits per heavy atom. The van der Waals surface area contributed by atoms with Crippen LogP contribution in [0.1, 0.15) is 22.3 Å². The van der Waals surface area contributed by atoms with Crippen LogP contribution in [0.5, 0.6) is 5.75 Å². The molecular weight excluding hydrogens is 266 g/mol. The van der Waals surface area contributed by atoms with Crippen LogP contribution in [0.3, 0.4) is 0 Å². The molecule has 0 radical (unpaired) electrons. The molecule has 0 unspecified atom stereocenters. The predicted octanol–water partition coefficient (Wildman–Crippen LogP) is 2.87. The fourth-order valence-corrected chi connectivity index (χ4v) is 2.06. The molecule has 2 N–H and O–H groups in total. The van der Waals surface area contributed by atoms with E-state index in [4.69, 9.17) is 9.84 Å². The summed E-state index contributed by atoms with van der Waals surface area (Å²) in [6, 6.07) is 14.7. The molecule has 0 spiro atoms. The molecule has 0 atom stereocenters. The fourth-order valence-electron chi connectivity index (χ4n) is 2.06. The van der Waals surface area contributed by atoms with Gasteiger partial charge in [-0.2, -0.15) is 0 Å². The average molecular weight is 285 g/mol. The SMILES string of the molecule is COc1cccc(C(=O)Nc2cccc(CCCO)c2)c1. The van der Waals surface area contributed by atoms with Crippen molar-refractivity contribution in [3.63, 3.8) is 0 Å². The molecule has 4 nitrogen and oxygen atoms in total. The number of aliphatic hydroxyl groups is 1. The summed E-state index contributed by atoms with van der Waals surface area (Å²) in [5.74, 6) is 0.479. The van der Waals surface area contributed by atoms with Crippen molar-refractivity contribution in [2.75, 3.05) is 19.0 Å². The monoisotopic (exact) mass is 285 g/mol. The van der Waals surface area contributed by atoms with Gasteiger partial charge in [0, 0.05) is 17.9 Å². The molecule has 0 heterocycles. The van der Waals surface area contributed by atoms with Gasteiger partial charge in [0.15, 0.2) is 0 Å². The zero-order chi connectivity index (χ0) is 15.1. The highest BCUT2D eigenvalue weighted by molar-refractivity contribution is 6.04. The molecule has 0 saturated carbocycles. The molecule has 0 aliphatic heterocycles. The minimum atomic E-state index is -0.173. The number of aryl methyl sites for hydroxylation is 1. The van der Waals surface area contributed by atoms with Crippen molar-refractivity contribution in [3.8, 4) is 5.75 Å². The lowest BCUT2D eigenvalue weighted by Crippen LogP contribution is -2.12. The number of hydrogen-bond acceptors (Lipinski definition) is 3. The van der Waals surface area contributed by atoms with Crippen LogP contribution in [0.4, 0.5) is 5.69 Å². The van der Waals surface area contributed by atoms with Gasteiger partial charge < -0.3 is 15.2 Å². The molecule has 1 amide bonds. The topological polar surface area (TPSA) is 58.6 Å². The van der Waals surface area contributed by atoms with Crippen LogP contribution in [0.25, 0.3) is 0 Å². The molecule has 2 aromatic carbocycles. The maximum Gasteiger partial charge on any atom is 0.255 e. The Balaban J connectivity index is 2.08. The predicted molar refractivity (Wildman–Crippen MR) is 82.8 cm³/mol. The first-order chi connectivity index (χ1) is 10.2. The summed E-state index contributed by atoms with van der Waals surface area (Å²) in [5.41, 5.74) is 2.39. The van der Waals surface area contributed by atoms with Crippen molar-refractivity contribution in [2.24, 2.45) is 0 Å². The standard InChI is InChI=1S/C17H19NO3/c1-21-16-9-3-7-14(12-16)17(20)18-15-8-2-5-13(11-15)6-4-10-19/h2-3,5,7-9,11-12,19H,4,6,10H2,1H3,(H,18,20). The number of hydrogen-bond donors (Lipinski definition) is 2. The Morgan fingerprint density at radius 1 is 1.19 bits per heavy atom. The number of methoxy groups -OCH3 is 1. The lowest BCUT2D eigenvalue weighted by molar-refractivity contribution is 0.102. The molecule has 0 bridgehead atoms. The Labute approximate surface area is 124 Å². The highest BCUT2D eigenvalue weighted by Gasteiger charge is 2.07. The second-order valence-electron chi connectivity index (χ2n) is 4.71. The first kappa shape index (κ1) is 15.1. The summed E-state index contributed by atoms with van der Waals surface area (Å²) in [6.07, 6.45) is 1.51. The molecule has 0 aliphatic rings. The number of aliphatic hydroxyl groups excluding tert-OH is 1. The maximum absolute atomic E-state index is 12.2. The second-order valence-corrected chi connectivity index (χ2v) is 4.71. The number of carbonyl (C=O) groups excluding carboxylic acids is 1. The number of anilines is 1. The number of nitrogens with one attached hydrogen (secondary N) is 1. The Hall–Kier alpha value is -2.33. The number of carbonyl (C=O) groups is 1. The highest BCUT2D eigenvalue weighted by Crippen LogP contribution is 2.16. The van der Waals surface area contributed by atoms with Gasteiger partial charge in [0.25, 0.3) is 5.91 Å². The van der Waals surface area contributed by atoms with E-state index in [-0.39, 0.29) is 12.5 Å². The van der Waals surface area contributed by atoms with Crippen molar-refractivity contribution in [2.45, 2.75) is 12.8 Å². The third kappa shape index (κ3) is 4.33. The minimum absolute atomic E-state index is 0.167. The number of rotatable bonds is 6. The van der Waals surface area contributed by atoms with Crippen LogP contribution >= 0.6 is 0 Å². The van der Waals surface area contributed by atoms with Gasteiger partial charge in [-0.05, 0) is 48.7 Å². The van der Waals surface area contributed by atoms with E-state index >= 15 is 0 Å². The molecule has 4 heteroatoms. The smallest absolute Gasteiger partial charge is 0.255 e. The van der Waals surface area contributed by atoms with E-state index in [1.807, 2.05) is 24.3 Å².